The van der Waals surface area contributed by atoms with Crippen molar-refractivity contribution in [1.82, 2.24) is 4.57 Å². The standard InChI is InChI=1S/C23H23N2O.BrH/c1-2-18-10-12-19(13-11-18)22(26)17-25-16-15-24-14-6-9-21(24)23(25)20-7-4-3-5-8-20;/h3-14H,2,15-17H2,1H3;1H/q+1;/p-1. The minimum Gasteiger partial charge on any atom is -1.00 e. The Hall–Kier alpha value is -2.46. The molecule has 0 atom stereocenters. The summed E-state index contributed by atoms with van der Waals surface area (Å²) in [5, 5.41) is 0. The Morgan fingerprint density at radius 1 is 1.00 bits per heavy atom. The van der Waals surface area contributed by atoms with Crippen LogP contribution in [0.5, 0.6) is 0 Å². The highest BCUT2D eigenvalue weighted by atomic mass is 79.9. The van der Waals surface area contributed by atoms with Gasteiger partial charge in [-0.1, -0.05) is 49.4 Å². The fourth-order valence-electron chi connectivity index (χ4n) is 3.60. The second-order valence-corrected chi connectivity index (χ2v) is 6.70. The zero-order valence-electron chi connectivity index (χ0n) is 15.4. The lowest BCUT2D eigenvalue weighted by molar-refractivity contribution is -0.517. The van der Waals surface area contributed by atoms with Crippen molar-refractivity contribution in [2.75, 3.05) is 13.1 Å². The lowest BCUT2D eigenvalue weighted by Gasteiger charge is -2.18. The summed E-state index contributed by atoms with van der Waals surface area (Å²) in [6.45, 7) is 4.27. The average molecular weight is 423 g/mol. The van der Waals surface area contributed by atoms with E-state index in [2.05, 4.69) is 58.7 Å². The molecule has 138 valence electrons. The summed E-state index contributed by atoms with van der Waals surface area (Å²) in [5.74, 6) is 0.168. The molecule has 4 heteroatoms. The van der Waals surface area contributed by atoms with Gasteiger partial charge in [-0.05, 0) is 36.2 Å². The molecular weight excluding hydrogens is 400 g/mol. The van der Waals surface area contributed by atoms with E-state index in [1.807, 2.05) is 30.3 Å². The number of aromatic nitrogens is 1. The molecule has 0 saturated carbocycles. The Morgan fingerprint density at radius 3 is 2.44 bits per heavy atom. The van der Waals surface area contributed by atoms with Crippen molar-refractivity contribution >= 4 is 11.5 Å². The lowest BCUT2D eigenvalue weighted by Crippen LogP contribution is -3.00. The van der Waals surface area contributed by atoms with Crippen LogP contribution in [0, 0.1) is 0 Å². The molecule has 3 aromatic rings. The summed E-state index contributed by atoms with van der Waals surface area (Å²) in [4.78, 5) is 12.9. The van der Waals surface area contributed by atoms with Gasteiger partial charge in [0.15, 0.2) is 6.54 Å². The number of nitrogens with zero attached hydrogens (tertiary/aromatic N) is 2. The number of Topliss-reactive ketones (excluding diaryl/α,β-unsaturated/α-hetero) is 1. The lowest BCUT2D eigenvalue weighted by atomic mass is 10.0. The van der Waals surface area contributed by atoms with Crippen molar-refractivity contribution in [3.8, 4) is 0 Å². The fourth-order valence-corrected chi connectivity index (χ4v) is 3.60. The van der Waals surface area contributed by atoms with Gasteiger partial charge in [-0.2, -0.15) is 0 Å². The van der Waals surface area contributed by atoms with Crippen molar-refractivity contribution in [1.29, 1.82) is 0 Å². The van der Waals surface area contributed by atoms with Crippen LogP contribution < -0.4 is 17.0 Å². The zero-order chi connectivity index (χ0) is 17.9. The van der Waals surface area contributed by atoms with Crippen molar-refractivity contribution in [3.05, 3.63) is 95.3 Å². The Morgan fingerprint density at radius 2 is 1.74 bits per heavy atom. The molecule has 1 aliphatic heterocycles. The topological polar surface area (TPSA) is 25.0 Å². The fraction of sp³-hybridized carbons (Fsp3) is 0.217. The number of hydrogen-bond acceptors (Lipinski definition) is 1. The van der Waals surface area contributed by atoms with E-state index >= 15 is 0 Å². The smallest absolute Gasteiger partial charge is 0.231 e. The maximum Gasteiger partial charge on any atom is 0.231 e. The van der Waals surface area contributed by atoms with Gasteiger partial charge in [0.2, 0.25) is 18.0 Å². The quantitative estimate of drug-likeness (QED) is 0.440. The van der Waals surface area contributed by atoms with Gasteiger partial charge < -0.3 is 21.5 Å². The molecule has 4 rings (SSSR count). The van der Waals surface area contributed by atoms with E-state index in [4.69, 9.17) is 0 Å². The van der Waals surface area contributed by atoms with Crippen LogP contribution in [0.25, 0.3) is 0 Å². The van der Waals surface area contributed by atoms with Gasteiger partial charge in [0.1, 0.15) is 5.69 Å². The van der Waals surface area contributed by atoms with Gasteiger partial charge in [-0.25, -0.2) is 4.58 Å². The molecule has 0 radical (unpaired) electrons. The van der Waals surface area contributed by atoms with E-state index in [0.29, 0.717) is 6.54 Å². The third kappa shape index (κ3) is 3.96. The minimum atomic E-state index is 0. The van der Waals surface area contributed by atoms with Crippen molar-refractivity contribution in [2.45, 2.75) is 19.9 Å². The number of carbonyl (C=O) groups excluding carboxylic acids is 1. The van der Waals surface area contributed by atoms with E-state index in [-0.39, 0.29) is 22.8 Å². The Labute approximate surface area is 170 Å². The Balaban J connectivity index is 0.00000210. The van der Waals surface area contributed by atoms with Gasteiger partial charge in [0.25, 0.3) is 0 Å². The summed E-state index contributed by atoms with van der Waals surface area (Å²) in [6, 6.07) is 22.6. The normalized spacial score (nSPS) is 13.1. The van der Waals surface area contributed by atoms with Gasteiger partial charge in [0.05, 0.1) is 6.54 Å². The largest absolute Gasteiger partial charge is 1.00 e. The molecule has 0 unspecified atom stereocenters. The number of rotatable bonds is 5. The van der Waals surface area contributed by atoms with Crippen LogP contribution in [0.15, 0.2) is 72.9 Å². The molecule has 0 saturated heterocycles. The highest BCUT2D eigenvalue weighted by Gasteiger charge is 2.28. The van der Waals surface area contributed by atoms with E-state index in [1.54, 1.807) is 0 Å². The maximum atomic E-state index is 12.9. The first-order valence-electron chi connectivity index (χ1n) is 9.21. The molecular formula is C23H23BrN2O. The van der Waals surface area contributed by atoms with Crippen LogP contribution >= 0.6 is 0 Å². The monoisotopic (exact) mass is 422 g/mol. The molecule has 0 bridgehead atoms. The molecule has 0 spiro atoms. The molecule has 2 heterocycles. The van der Waals surface area contributed by atoms with Gasteiger partial charge in [0, 0.05) is 17.3 Å². The van der Waals surface area contributed by atoms with Gasteiger partial charge in [-0.15, -0.1) is 0 Å². The first-order chi connectivity index (χ1) is 12.8. The van der Waals surface area contributed by atoms with Crippen LogP contribution in [0.2, 0.25) is 0 Å². The summed E-state index contributed by atoms with van der Waals surface area (Å²) in [6.07, 6.45) is 3.10. The second kappa shape index (κ2) is 8.49. The van der Waals surface area contributed by atoms with Crippen molar-refractivity contribution in [2.24, 2.45) is 0 Å². The predicted octanol–water partition coefficient (Wildman–Crippen LogP) is 0.801. The molecule has 3 nitrogen and oxygen atoms in total. The first-order valence-corrected chi connectivity index (χ1v) is 9.21. The molecule has 0 amide bonds. The van der Waals surface area contributed by atoms with Crippen LogP contribution in [-0.4, -0.2) is 33.7 Å². The van der Waals surface area contributed by atoms with Crippen LogP contribution in [0.3, 0.4) is 0 Å². The van der Waals surface area contributed by atoms with E-state index in [9.17, 15) is 4.79 Å². The second-order valence-electron chi connectivity index (χ2n) is 6.70. The number of halogens is 1. The maximum absolute atomic E-state index is 12.9. The molecule has 0 fully saturated rings. The number of carbonyl (C=O) groups is 1. The molecule has 2 aromatic carbocycles. The van der Waals surface area contributed by atoms with Gasteiger partial charge >= 0.3 is 0 Å². The SMILES string of the molecule is CCc1ccc(C(=O)C[N+]2=C(c3ccccc3)c3cccn3CC2)cc1.[Br-]. The number of fused-ring (bicyclic) bond motifs is 1. The summed E-state index contributed by atoms with van der Waals surface area (Å²) < 4.78 is 4.49. The van der Waals surface area contributed by atoms with E-state index in [0.717, 1.165) is 36.3 Å². The number of hydrogen-bond donors (Lipinski definition) is 0. The third-order valence-electron chi connectivity index (χ3n) is 5.07. The number of benzene rings is 2. The van der Waals surface area contributed by atoms with E-state index in [1.165, 1.54) is 11.3 Å². The van der Waals surface area contributed by atoms with Crippen LogP contribution in [0.4, 0.5) is 0 Å². The molecule has 1 aromatic heterocycles. The number of aryl methyl sites for hydroxylation is 1. The number of ketones is 1. The first kappa shape index (κ1) is 19.3. The van der Waals surface area contributed by atoms with Crippen LogP contribution in [-0.2, 0) is 13.0 Å². The van der Waals surface area contributed by atoms with Crippen LogP contribution in [0.1, 0.15) is 34.1 Å². The predicted molar refractivity (Wildman–Crippen MR) is 104 cm³/mol. The third-order valence-corrected chi connectivity index (χ3v) is 5.07. The van der Waals surface area contributed by atoms with Crippen molar-refractivity contribution < 1.29 is 26.4 Å². The highest BCUT2D eigenvalue weighted by molar-refractivity contribution is 6.09. The summed E-state index contributed by atoms with van der Waals surface area (Å²) >= 11 is 0. The molecule has 27 heavy (non-hydrogen) atoms. The zero-order valence-corrected chi connectivity index (χ0v) is 17.0. The summed E-state index contributed by atoms with van der Waals surface area (Å²) in [5.41, 5.74) is 5.52. The van der Waals surface area contributed by atoms with Crippen molar-refractivity contribution in [3.63, 3.8) is 0 Å². The Bertz CT molecular complexity index is 956. The highest BCUT2D eigenvalue weighted by Crippen LogP contribution is 2.16. The average Bonchev–Trinajstić information content (AvgIpc) is 3.17. The molecule has 0 aliphatic carbocycles. The summed E-state index contributed by atoms with van der Waals surface area (Å²) in [7, 11) is 0. The van der Waals surface area contributed by atoms with Gasteiger partial charge in [-0.3, -0.25) is 4.79 Å². The Kier molecular flexibility index (Phi) is 6.07. The molecule has 0 N–H and O–H groups in total. The van der Waals surface area contributed by atoms with E-state index < -0.39 is 0 Å². The minimum absolute atomic E-state index is 0. The molecule has 1 aliphatic rings.